The first-order chi connectivity index (χ1) is 20.1. The molecule has 0 saturated heterocycles. The van der Waals surface area contributed by atoms with E-state index in [4.69, 9.17) is 9.15 Å². The molecule has 6 rings (SSSR count). The van der Waals surface area contributed by atoms with Gasteiger partial charge in [0.25, 0.3) is 5.56 Å². The summed E-state index contributed by atoms with van der Waals surface area (Å²) in [6, 6.07) is 12.4. The van der Waals surface area contributed by atoms with E-state index in [2.05, 4.69) is 5.32 Å². The SMILES string of the molecule is Cc1cc2cc(c1F)[C@H](CC(=O)O)NC(=O)[C@H](n1ccc3ccoc3c1=O)c1cc(ccc1F)Oc1cccc(C)c1-2. The van der Waals surface area contributed by atoms with Gasteiger partial charge >= 0.3 is 5.97 Å². The Bertz CT molecular complexity index is 1960. The zero-order valence-corrected chi connectivity index (χ0v) is 22.5. The van der Waals surface area contributed by atoms with Gasteiger partial charge in [-0.15, -0.1) is 0 Å². The molecule has 10 heteroatoms. The highest BCUT2D eigenvalue weighted by atomic mass is 19.1. The predicted octanol–water partition coefficient (Wildman–Crippen LogP) is 6.18. The van der Waals surface area contributed by atoms with Crippen molar-refractivity contribution < 1.29 is 32.6 Å². The monoisotopic (exact) mass is 570 g/mol. The molecule has 2 N–H and O–H groups in total. The third-order valence-corrected chi connectivity index (χ3v) is 7.43. The molecule has 2 aromatic heterocycles. The van der Waals surface area contributed by atoms with Gasteiger partial charge in [0.1, 0.15) is 29.2 Å². The summed E-state index contributed by atoms with van der Waals surface area (Å²) in [5.74, 6) is -3.18. The molecule has 0 radical (unpaired) electrons. The summed E-state index contributed by atoms with van der Waals surface area (Å²) < 4.78 is 43.8. The maximum atomic E-state index is 15.7. The number of nitrogens with one attached hydrogen (secondary N) is 1. The normalized spacial score (nSPS) is 16.4. The van der Waals surface area contributed by atoms with Crippen LogP contribution in [0.5, 0.6) is 11.5 Å². The number of amides is 1. The fraction of sp³-hybridized carbons (Fsp3) is 0.156. The zero-order valence-electron chi connectivity index (χ0n) is 22.5. The van der Waals surface area contributed by atoms with E-state index < -0.39 is 47.6 Å². The van der Waals surface area contributed by atoms with Gasteiger partial charge in [-0.3, -0.25) is 19.0 Å². The van der Waals surface area contributed by atoms with Crippen LogP contribution in [-0.2, 0) is 9.59 Å². The van der Waals surface area contributed by atoms with Crippen LogP contribution < -0.4 is 15.6 Å². The van der Waals surface area contributed by atoms with E-state index in [-0.39, 0.29) is 28.0 Å². The molecule has 0 saturated carbocycles. The fourth-order valence-electron chi connectivity index (χ4n) is 5.47. The van der Waals surface area contributed by atoms with E-state index in [1.807, 2.05) is 13.0 Å². The summed E-state index contributed by atoms with van der Waals surface area (Å²) in [5.41, 5.74) is 1.10. The van der Waals surface area contributed by atoms with Crippen molar-refractivity contribution in [2.75, 3.05) is 0 Å². The van der Waals surface area contributed by atoms with Gasteiger partial charge in [0.05, 0.1) is 18.7 Å². The van der Waals surface area contributed by atoms with Crippen molar-refractivity contribution in [1.29, 1.82) is 0 Å². The molecular formula is C32H24F2N2O6. The summed E-state index contributed by atoms with van der Waals surface area (Å²) in [4.78, 5) is 39.4. The van der Waals surface area contributed by atoms with Crippen molar-refractivity contribution in [1.82, 2.24) is 9.88 Å². The molecule has 0 aliphatic carbocycles. The topological polar surface area (TPSA) is 111 Å². The lowest BCUT2D eigenvalue weighted by Crippen LogP contribution is -2.40. The average molecular weight is 571 g/mol. The van der Waals surface area contributed by atoms with Crippen molar-refractivity contribution >= 4 is 22.8 Å². The molecule has 5 aromatic rings. The highest BCUT2D eigenvalue weighted by molar-refractivity contribution is 5.86. The van der Waals surface area contributed by atoms with Gasteiger partial charge in [0, 0.05) is 28.3 Å². The molecule has 1 aliphatic rings. The van der Waals surface area contributed by atoms with Gasteiger partial charge in [-0.25, -0.2) is 8.78 Å². The first kappa shape index (κ1) is 26.9. The molecule has 2 atom stereocenters. The molecule has 3 heterocycles. The number of nitrogens with zero attached hydrogens (tertiary/aromatic N) is 1. The zero-order chi connectivity index (χ0) is 29.7. The Morgan fingerprint density at radius 1 is 1.00 bits per heavy atom. The number of aryl methyl sites for hydroxylation is 2. The van der Waals surface area contributed by atoms with E-state index in [9.17, 15) is 19.5 Å². The lowest BCUT2D eigenvalue weighted by Gasteiger charge is -2.25. The number of benzene rings is 3. The number of hydrogen-bond acceptors (Lipinski definition) is 5. The number of aromatic nitrogens is 1. The Morgan fingerprint density at radius 3 is 2.60 bits per heavy atom. The second kappa shape index (κ2) is 10.3. The number of halogens is 2. The number of carboxylic acid groups (broad SMARTS) is 1. The number of fused-ring (bicyclic) bond motifs is 7. The first-order valence-electron chi connectivity index (χ1n) is 13.1. The number of aliphatic carboxylic acids is 1. The Morgan fingerprint density at radius 2 is 1.81 bits per heavy atom. The molecule has 3 aromatic carbocycles. The predicted molar refractivity (Wildman–Crippen MR) is 150 cm³/mol. The molecule has 0 unspecified atom stereocenters. The molecule has 8 nitrogen and oxygen atoms in total. The standard InChI is InChI=1S/C32H24F2N2O6/c1-16-4-3-5-25-27(16)19-12-17(2)28(34)22(13-19)24(15-26(37)38)35-31(39)29(21-14-20(42-25)6-7-23(21)33)36-10-8-18-9-11-41-30(18)32(36)40/h3-14,24,29H,15H2,1-2H3,(H,35,39)(H,37,38)/t24-,29+/m0/s1. The third-order valence-electron chi connectivity index (χ3n) is 7.43. The van der Waals surface area contributed by atoms with Gasteiger partial charge in [-0.2, -0.15) is 0 Å². The lowest BCUT2D eigenvalue weighted by atomic mass is 9.92. The Labute approximate surface area is 237 Å². The van der Waals surface area contributed by atoms with Crippen LogP contribution in [0.15, 0.2) is 82.3 Å². The van der Waals surface area contributed by atoms with E-state index in [1.54, 1.807) is 24.3 Å². The Kier molecular flexibility index (Phi) is 6.61. The summed E-state index contributed by atoms with van der Waals surface area (Å²) in [6.45, 7) is 3.39. The van der Waals surface area contributed by atoms with E-state index in [0.29, 0.717) is 22.3 Å². The quantitative estimate of drug-likeness (QED) is 0.268. The molecule has 1 aliphatic heterocycles. The van der Waals surface area contributed by atoms with Crippen LogP contribution in [0.3, 0.4) is 0 Å². The van der Waals surface area contributed by atoms with E-state index in [0.717, 1.165) is 16.2 Å². The summed E-state index contributed by atoms with van der Waals surface area (Å²) in [7, 11) is 0. The molecular weight excluding hydrogens is 546 g/mol. The van der Waals surface area contributed by atoms with E-state index >= 15 is 8.78 Å². The maximum Gasteiger partial charge on any atom is 0.305 e. The maximum absolute atomic E-state index is 15.7. The number of furan rings is 1. The van der Waals surface area contributed by atoms with Crippen LogP contribution in [0.25, 0.3) is 22.1 Å². The van der Waals surface area contributed by atoms with Crippen molar-refractivity contribution in [3.8, 4) is 22.6 Å². The van der Waals surface area contributed by atoms with Gasteiger partial charge in [0.2, 0.25) is 5.91 Å². The van der Waals surface area contributed by atoms with Crippen LogP contribution in [0, 0.1) is 25.5 Å². The summed E-state index contributed by atoms with van der Waals surface area (Å²) in [6.07, 6.45) is 1.96. The minimum Gasteiger partial charge on any atom is -0.481 e. The second-order valence-electron chi connectivity index (χ2n) is 10.2. The molecule has 0 spiro atoms. The number of ether oxygens (including phenoxy) is 1. The molecule has 1 amide bonds. The van der Waals surface area contributed by atoms with Crippen molar-refractivity contribution in [3.63, 3.8) is 0 Å². The van der Waals surface area contributed by atoms with Crippen molar-refractivity contribution in [2.24, 2.45) is 0 Å². The van der Waals surface area contributed by atoms with Crippen LogP contribution >= 0.6 is 0 Å². The smallest absolute Gasteiger partial charge is 0.305 e. The minimum absolute atomic E-state index is 0.0538. The van der Waals surface area contributed by atoms with Crippen LogP contribution in [0.4, 0.5) is 8.78 Å². The fourth-order valence-corrected chi connectivity index (χ4v) is 5.47. The van der Waals surface area contributed by atoms with Crippen molar-refractivity contribution in [2.45, 2.75) is 32.4 Å². The Balaban J connectivity index is 1.65. The summed E-state index contributed by atoms with van der Waals surface area (Å²) in [5, 5.41) is 12.8. The number of pyridine rings is 1. The number of carbonyl (C=O) groups excluding carboxylic acids is 1. The van der Waals surface area contributed by atoms with Crippen LogP contribution in [0.1, 0.15) is 40.8 Å². The van der Waals surface area contributed by atoms with Gasteiger partial charge in [0.15, 0.2) is 5.58 Å². The van der Waals surface area contributed by atoms with Crippen LogP contribution in [0.2, 0.25) is 0 Å². The van der Waals surface area contributed by atoms with Gasteiger partial charge < -0.3 is 19.6 Å². The number of carboxylic acids is 1. The molecule has 0 fully saturated rings. The highest BCUT2D eigenvalue weighted by Crippen LogP contribution is 2.40. The second-order valence-corrected chi connectivity index (χ2v) is 10.2. The lowest BCUT2D eigenvalue weighted by molar-refractivity contribution is -0.137. The van der Waals surface area contributed by atoms with Crippen molar-refractivity contribution in [3.05, 3.63) is 117 Å². The van der Waals surface area contributed by atoms with E-state index in [1.165, 1.54) is 43.6 Å². The minimum atomic E-state index is -1.63. The number of carbonyl (C=O) groups is 2. The highest BCUT2D eigenvalue weighted by Gasteiger charge is 2.32. The molecule has 4 bridgehead atoms. The van der Waals surface area contributed by atoms with Gasteiger partial charge in [-0.05, 0) is 79.1 Å². The average Bonchev–Trinajstić information content (AvgIpc) is 3.42. The summed E-state index contributed by atoms with van der Waals surface area (Å²) >= 11 is 0. The molecule has 212 valence electrons. The van der Waals surface area contributed by atoms with Crippen LogP contribution in [-0.4, -0.2) is 21.6 Å². The van der Waals surface area contributed by atoms with Gasteiger partial charge in [-0.1, -0.05) is 12.1 Å². The largest absolute Gasteiger partial charge is 0.481 e. The third kappa shape index (κ3) is 4.60. The molecule has 42 heavy (non-hydrogen) atoms. The number of hydrogen-bond donors (Lipinski definition) is 2. The Hall–Kier alpha value is -5.25. The number of rotatable bonds is 3. The first-order valence-corrected chi connectivity index (χ1v) is 13.1.